The summed E-state index contributed by atoms with van der Waals surface area (Å²) in [5, 5.41) is 16.9. The Bertz CT molecular complexity index is 405. The first kappa shape index (κ1) is 10.0. The average Bonchev–Trinajstić information content (AvgIpc) is 2.19. The molecule has 1 rings (SSSR count). The van der Waals surface area contributed by atoms with Gasteiger partial charge in [-0.25, -0.2) is 0 Å². The Kier molecular flexibility index (Phi) is 3.98. The van der Waals surface area contributed by atoms with Gasteiger partial charge in [0.05, 0.1) is 25.0 Å². The summed E-state index contributed by atoms with van der Waals surface area (Å²) >= 11 is 0. The van der Waals surface area contributed by atoms with Crippen molar-refractivity contribution in [2.24, 2.45) is 0 Å². The van der Waals surface area contributed by atoms with Gasteiger partial charge in [-0.1, -0.05) is 36.4 Å². The molecule has 0 aliphatic rings. The molecular weight excluding hydrogens is 172 g/mol. The molecule has 0 unspecified atom stereocenters. The van der Waals surface area contributed by atoms with Gasteiger partial charge >= 0.3 is 0 Å². The Morgan fingerprint density at radius 2 is 2.07 bits per heavy atom. The van der Waals surface area contributed by atoms with Gasteiger partial charge in [-0.05, 0) is 11.1 Å². The van der Waals surface area contributed by atoms with Crippen LogP contribution in [0.15, 0.2) is 30.3 Å². The van der Waals surface area contributed by atoms with E-state index >= 15 is 0 Å². The third-order valence-electron chi connectivity index (χ3n) is 1.75. The van der Waals surface area contributed by atoms with Crippen LogP contribution in [-0.4, -0.2) is 0 Å². The van der Waals surface area contributed by atoms with Crippen LogP contribution in [0.1, 0.15) is 17.5 Å². The van der Waals surface area contributed by atoms with Crippen molar-refractivity contribution in [1.29, 1.82) is 10.5 Å². The second-order valence-corrected chi connectivity index (χ2v) is 2.84. The predicted octanol–water partition coefficient (Wildman–Crippen LogP) is 2.68. The van der Waals surface area contributed by atoms with Crippen LogP contribution < -0.4 is 0 Å². The van der Waals surface area contributed by atoms with Crippen molar-refractivity contribution >= 4 is 6.08 Å². The standard InChI is InChI=1S/C12H10N2/c13-8-2-1-4-11-5-3-6-12(10-11)7-9-14/h1,3-6,10H,2,7H2. The lowest BCUT2D eigenvalue weighted by Crippen LogP contribution is -1.81. The van der Waals surface area contributed by atoms with Gasteiger partial charge in [-0.15, -0.1) is 0 Å². The first-order chi connectivity index (χ1) is 6.86. The smallest absolute Gasteiger partial charge is 0.0669 e. The fourth-order valence-corrected chi connectivity index (χ4v) is 1.15. The molecule has 0 spiro atoms. The van der Waals surface area contributed by atoms with Gasteiger partial charge in [0.2, 0.25) is 0 Å². The lowest BCUT2D eigenvalue weighted by Gasteiger charge is -1.96. The van der Waals surface area contributed by atoms with Crippen LogP contribution in [0.4, 0.5) is 0 Å². The van der Waals surface area contributed by atoms with Crippen LogP contribution in [-0.2, 0) is 6.42 Å². The number of hydrogen-bond donors (Lipinski definition) is 0. The van der Waals surface area contributed by atoms with E-state index in [4.69, 9.17) is 10.5 Å². The van der Waals surface area contributed by atoms with Crippen molar-refractivity contribution < 1.29 is 0 Å². The predicted molar refractivity (Wildman–Crippen MR) is 55.0 cm³/mol. The summed E-state index contributed by atoms with van der Waals surface area (Å²) < 4.78 is 0. The third-order valence-corrected chi connectivity index (χ3v) is 1.75. The molecule has 0 fully saturated rings. The SMILES string of the molecule is N#CCC=Cc1cccc(CC#N)c1. The van der Waals surface area contributed by atoms with E-state index in [9.17, 15) is 0 Å². The summed E-state index contributed by atoms with van der Waals surface area (Å²) in [5.74, 6) is 0. The topological polar surface area (TPSA) is 47.6 Å². The van der Waals surface area contributed by atoms with Crippen LogP contribution in [0, 0.1) is 22.7 Å². The maximum Gasteiger partial charge on any atom is 0.0669 e. The molecule has 0 aromatic heterocycles. The summed E-state index contributed by atoms with van der Waals surface area (Å²) in [4.78, 5) is 0. The van der Waals surface area contributed by atoms with Crippen LogP contribution in [0.2, 0.25) is 0 Å². The molecule has 1 aromatic rings. The Labute approximate surface area is 83.7 Å². The van der Waals surface area contributed by atoms with Crippen molar-refractivity contribution in [1.82, 2.24) is 0 Å². The highest BCUT2D eigenvalue weighted by Crippen LogP contribution is 2.07. The fourth-order valence-electron chi connectivity index (χ4n) is 1.15. The summed E-state index contributed by atoms with van der Waals surface area (Å²) in [6.45, 7) is 0. The van der Waals surface area contributed by atoms with Crippen LogP contribution in [0.3, 0.4) is 0 Å². The zero-order valence-corrected chi connectivity index (χ0v) is 7.77. The highest BCUT2D eigenvalue weighted by atomic mass is 14.2. The molecule has 0 aliphatic carbocycles. The highest BCUT2D eigenvalue weighted by Gasteiger charge is 1.91. The van der Waals surface area contributed by atoms with Crippen molar-refractivity contribution in [3.05, 3.63) is 41.5 Å². The van der Waals surface area contributed by atoms with Crippen LogP contribution in [0.25, 0.3) is 6.08 Å². The van der Waals surface area contributed by atoms with Crippen LogP contribution >= 0.6 is 0 Å². The Morgan fingerprint density at radius 3 is 2.79 bits per heavy atom. The Balaban J connectivity index is 2.75. The maximum atomic E-state index is 8.51. The first-order valence-electron chi connectivity index (χ1n) is 4.36. The maximum absolute atomic E-state index is 8.51. The molecule has 1 aromatic carbocycles. The highest BCUT2D eigenvalue weighted by molar-refractivity contribution is 5.50. The van der Waals surface area contributed by atoms with E-state index in [1.165, 1.54) is 0 Å². The lowest BCUT2D eigenvalue weighted by atomic mass is 10.1. The molecule has 0 saturated carbocycles. The van der Waals surface area contributed by atoms with Crippen molar-refractivity contribution in [3.8, 4) is 12.1 Å². The lowest BCUT2D eigenvalue weighted by molar-refractivity contribution is 1.26. The number of allylic oxidation sites excluding steroid dienone is 1. The van der Waals surface area contributed by atoms with Gasteiger partial charge in [0.15, 0.2) is 0 Å². The van der Waals surface area contributed by atoms with E-state index < -0.39 is 0 Å². The monoisotopic (exact) mass is 182 g/mol. The van der Waals surface area contributed by atoms with E-state index in [0.29, 0.717) is 12.8 Å². The molecule has 0 aliphatic heterocycles. The molecule has 0 N–H and O–H groups in total. The fraction of sp³-hybridized carbons (Fsp3) is 0.167. The molecule has 0 radical (unpaired) electrons. The summed E-state index contributed by atoms with van der Waals surface area (Å²) in [5.41, 5.74) is 2.04. The van der Waals surface area contributed by atoms with Gasteiger partial charge in [0.25, 0.3) is 0 Å². The zero-order valence-electron chi connectivity index (χ0n) is 7.77. The van der Waals surface area contributed by atoms with Crippen molar-refractivity contribution in [2.75, 3.05) is 0 Å². The summed E-state index contributed by atoms with van der Waals surface area (Å²) in [7, 11) is 0. The molecule has 0 amide bonds. The van der Waals surface area contributed by atoms with E-state index in [0.717, 1.165) is 11.1 Å². The number of rotatable bonds is 3. The number of benzene rings is 1. The quantitative estimate of drug-likeness (QED) is 0.721. The minimum atomic E-state index is 0.419. The number of nitrogens with zero attached hydrogens (tertiary/aromatic N) is 2. The summed E-state index contributed by atoms with van der Waals surface area (Å²) in [6.07, 6.45) is 4.55. The molecule has 2 heteroatoms. The molecule has 0 saturated heterocycles. The molecule has 0 bridgehead atoms. The molecule has 14 heavy (non-hydrogen) atoms. The largest absolute Gasteiger partial charge is 0.198 e. The number of nitriles is 2. The number of hydrogen-bond acceptors (Lipinski definition) is 2. The second-order valence-electron chi connectivity index (χ2n) is 2.84. The van der Waals surface area contributed by atoms with Gasteiger partial charge < -0.3 is 0 Å². The normalized spacial score (nSPS) is 9.57. The Morgan fingerprint density at radius 1 is 1.21 bits per heavy atom. The van der Waals surface area contributed by atoms with E-state index in [2.05, 4.69) is 6.07 Å². The average molecular weight is 182 g/mol. The van der Waals surface area contributed by atoms with Crippen molar-refractivity contribution in [3.63, 3.8) is 0 Å². The molecule has 68 valence electrons. The van der Waals surface area contributed by atoms with Crippen molar-refractivity contribution in [2.45, 2.75) is 12.8 Å². The minimum Gasteiger partial charge on any atom is -0.198 e. The van der Waals surface area contributed by atoms with E-state index in [1.54, 1.807) is 0 Å². The van der Waals surface area contributed by atoms with Gasteiger partial charge in [-0.2, -0.15) is 10.5 Å². The zero-order chi connectivity index (χ0) is 10.2. The molecular formula is C12H10N2. The molecule has 2 nitrogen and oxygen atoms in total. The minimum absolute atomic E-state index is 0.419. The van der Waals surface area contributed by atoms with Gasteiger partial charge in [0.1, 0.15) is 0 Å². The van der Waals surface area contributed by atoms with E-state index in [1.807, 2.05) is 42.5 Å². The summed E-state index contributed by atoms with van der Waals surface area (Å²) in [6, 6.07) is 11.9. The first-order valence-corrected chi connectivity index (χ1v) is 4.36. The molecule has 0 heterocycles. The van der Waals surface area contributed by atoms with Crippen LogP contribution in [0.5, 0.6) is 0 Å². The van der Waals surface area contributed by atoms with Gasteiger partial charge in [-0.3, -0.25) is 0 Å². The molecule has 0 atom stereocenters. The second kappa shape index (κ2) is 5.56. The Hall–Kier alpha value is -2.06. The third kappa shape index (κ3) is 3.13. The van der Waals surface area contributed by atoms with Gasteiger partial charge in [0, 0.05) is 0 Å². The van der Waals surface area contributed by atoms with E-state index in [-0.39, 0.29) is 0 Å².